The molecule has 2 bridgehead atoms. The molecule has 0 radical (unpaired) electrons. The van der Waals surface area contributed by atoms with Gasteiger partial charge in [0.15, 0.2) is 0 Å². The van der Waals surface area contributed by atoms with E-state index in [0.717, 1.165) is 16.0 Å². The van der Waals surface area contributed by atoms with Crippen molar-refractivity contribution in [2.75, 3.05) is 4.90 Å². The molecule has 6 heteroatoms. The SMILES string of the molecule is O=C1[C@@H]2[C@@H](C(=O)N1c1ccccc1F)C1c3ccccc3C2(C(=O)O)c2ccccc21. The second kappa shape index (κ2) is 5.88. The smallest absolute Gasteiger partial charge is 0.319 e. The number of para-hydroxylation sites is 1. The Morgan fingerprint density at radius 2 is 1.39 bits per heavy atom. The summed E-state index contributed by atoms with van der Waals surface area (Å²) in [7, 11) is 0. The van der Waals surface area contributed by atoms with Gasteiger partial charge >= 0.3 is 5.97 Å². The Bertz CT molecular complexity index is 1270. The minimum absolute atomic E-state index is 0.139. The van der Waals surface area contributed by atoms with Crippen LogP contribution in [0.15, 0.2) is 72.8 Å². The Balaban J connectivity index is 1.69. The Hall–Kier alpha value is -3.80. The number of benzene rings is 3. The van der Waals surface area contributed by atoms with Gasteiger partial charge in [0.25, 0.3) is 0 Å². The summed E-state index contributed by atoms with van der Waals surface area (Å²) in [6.45, 7) is 0. The van der Waals surface area contributed by atoms with E-state index in [2.05, 4.69) is 0 Å². The zero-order valence-corrected chi connectivity index (χ0v) is 16.2. The van der Waals surface area contributed by atoms with E-state index in [1.165, 1.54) is 18.2 Å². The van der Waals surface area contributed by atoms with Crippen molar-refractivity contribution in [1.82, 2.24) is 0 Å². The summed E-state index contributed by atoms with van der Waals surface area (Å²) in [6.07, 6.45) is 0. The fourth-order valence-corrected chi connectivity index (χ4v) is 6.01. The molecule has 1 fully saturated rings. The van der Waals surface area contributed by atoms with Gasteiger partial charge in [0.05, 0.1) is 17.5 Å². The van der Waals surface area contributed by atoms with E-state index in [9.17, 15) is 23.9 Å². The highest BCUT2D eigenvalue weighted by molar-refractivity contribution is 6.25. The van der Waals surface area contributed by atoms with Crippen LogP contribution < -0.4 is 4.90 Å². The summed E-state index contributed by atoms with van der Waals surface area (Å²) in [6, 6.07) is 19.8. The van der Waals surface area contributed by atoms with Crippen molar-refractivity contribution < 1.29 is 23.9 Å². The summed E-state index contributed by atoms with van der Waals surface area (Å²) in [5.74, 6) is -5.63. The number of halogens is 1. The molecule has 3 aromatic rings. The van der Waals surface area contributed by atoms with Crippen LogP contribution in [0.2, 0.25) is 0 Å². The second-order valence-electron chi connectivity index (χ2n) is 8.23. The van der Waals surface area contributed by atoms with Crippen LogP contribution in [0.25, 0.3) is 0 Å². The highest BCUT2D eigenvalue weighted by Gasteiger charge is 2.71. The van der Waals surface area contributed by atoms with E-state index in [4.69, 9.17) is 0 Å². The van der Waals surface area contributed by atoms with Gasteiger partial charge in [-0.1, -0.05) is 60.7 Å². The zero-order valence-electron chi connectivity index (χ0n) is 16.2. The standard InChI is InChI=1S/C25H16FNO4/c26-17-11-5-6-12-18(17)27-22(28)20-19-13-7-1-3-9-15(13)25(24(30)31,21(20)23(27)29)16-10-4-2-8-14(16)19/h1-12,19-21H,(H,30,31)/t19?,20-,21-,25?/m0/s1. The van der Waals surface area contributed by atoms with E-state index in [0.29, 0.717) is 11.1 Å². The van der Waals surface area contributed by atoms with Crippen LogP contribution in [0.4, 0.5) is 10.1 Å². The number of amides is 2. The first-order valence-electron chi connectivity index (χ1n) is 10.0. The molecule has 3 aliphatic carbocycles. The fraction of sp³-hybridized carbons (Fsp3) is 0.160. The summed E-state index contributed by atoms with van der Waals surface area (Å²) in [5.41, 5.74) is 0.690. The molecule has 0 spiro atoms. The van der Waals surface area contributed by atoms with Gasteiger partial charge in [-0.3, -0.25) is 14.4 Å². The monoisotopic (exact) mass is 413 g/mol. The van der Waals surface area contributed by atoms with E-state index in [1.807, 2.05) is 24.3 Å². The van der Waals surface area contributed by atoms with Crippen LogP contribution in [-0.2, 0) is 19.8 Å². The second-order valence-corrected chi connectivity index (χ2v) is 8.23. The lowest BCUT2D eigenvalue weighted by molar-refractivity contribution is -0.149. The molecule has 0 aromatic heterocycles. The molecule has 0 saturated carbocycles. The number of carbonyl (C=O) groups excluding carboxylic acids is 2. The number of hydrogen-bond acceptors (Lipinski definition) is 3. The Morgan fingerprint density at radius 3 is 1.97 bits per heavy atom. The number of rotatable bonds is 2. The number of carboxylic acid groups (broad SMARTS) is 1. The van der Waals surface area contributed by atoms with Gasteiger partial charge < -0.3 is 5.11 Å². The maximum Gasteiger partial charge on any atom is 0.319 e. The third kappa shape index (κ3) is 1.93. The Kier molecular flexibility index (Phi) is 3.41. The van der Waals surface area contributed by atoms with Gasteiger partial charge in [-0.25, -0.2) is 9.29 Å². The molecule has 31 heavy (non-hydrogen) atoms. The molecule has 4 aliphatic rings. The topological polar surface area (TPSA) is 74.7 Å². The van der Waals surface area contributed by atoms with Gasteiger partial charge in [-0.2, -0.15) is 0 Å². The predicted molar refractivity (Wildman–Crippen MR) is 109 cm³/mol. The zero-order chi connectivity index (χ0) is 21.5. The molecule has 1 N–H and O–H groups in total. The van der Waals surface area contributed by atoms with Crippen LogP contribution in [0.3, 0.4) is 0 Å². The van der Waals surface area contributed by atoms with Crippen molar-refractivity contribution in [2.24, 2.45) is 11.8 Å². The molecular weight excluding hydrogens is 397 g/mol. The quantitative estimate of drug-likeness (QED) is 0.653. The van der Waals surface area contributed by atoms with Crippen LogP contribution in [0.1, 0.15) is 28.2 Å². The van der Waals surface area contributed by atoms with E-state index in [1.54, 1.807) is 30.3 Å². The number of nitrogens with zero attached hydrogens (tertiary/aromatic N) is 1. The molecule has 1 saturated heterocycles. The molecular formula is C25H16FNO4. The van der Waals surface area contributed by atoms with Gasteiger partial charge in [-0.05, 0) is 34.4 Å². The average Bonchev–Trinajstić information content (AvgIpc) is 3.05. The Labute approximate surface area is 176 Å². The number of hydrogen-bond donors (Lipinski definition) is 1. The maximum absolute atomic E-state index is 14.6. The normalized spacial score (nSPS) is 27.6. The van der Waals surface area contributed by atoms with Crippen molar-refractivity contribution in [1.29, 1.82) is 0 Å². The molecule has 5 nitrogen and oxygen atoms in total. The molecule has 1 heterocycles. The third-order valence-corrected chi connectivity index (χ3v) is 7.05. The van der Waals surface area contributed by atoms with Gasteiger partial charge in [-0.15, -0.1) is 0 Å². The van der Waals surface area contributed by atoms with Crippen molar-refractivity contribution in [3.05, 3.63) is 101 Å². The minimum Gasteiger partial charge on any atom is -0.480 e. The van der Waals surface area contributed by atoms with E-state index in [-0.39, 0.29) is 5.69 Å². The molecule has 0 unspecified atom stereocenters. The third-order valence-electron chi connectivity index (χ3n) is 7.05. The highest BCUT2D eigenvalue weighted by atomic mass is 19.1. The average molecular weight is 413 g/mol. The number of imide groups is 1. The van der Waals surface area contributed by atoms with Crippen LogP contribution in [-0.4, -0.2) is 22.9 Å². The van der Waals surface area contributed by atoms with Gasteiger partial charge in [0, 0.05) is 5.92 Å². The molecule has 152 valence electrons. The highest BCUT2D eigenvalue weighted by Crippen LogP contribution is 2.64. The number of aliphatic carboxylic acids is 1. The van der Waals surface area contributed by atoms with Crippen molar-refractivity contribution in [2.45, 2.75) is 11.3 Å². The summed E-state index contributed by atoms with van der Waals surface area (Å²) in [5, 5.41) is 10.6. The molecule has 3 aromatic carbocycles. The van der Waals surface area contributed by atoms with Crippen molar-refractivity contribution in [3.63, 3.8) is 0 Å². The molecule has 7 rings (SSSR count). The summed E-state index contributed by atoms with van der Waals surface area (Å²) in [4.78, 5) is 41.2. The minimum atomic E-state index is -1.71. The lowest BCUT2D eigenvalue weighted by Crippen LogP contribution is -2.57. The number of anilines is 1. The molecule has 1 aliphatic heterocycles. The molecule has 2 amide bonds. The Morgan fingerprint density at radius 1 is 0.839 bits per heavy atom. The van der Waals surface area contributed by atoms with E-state index < -0.39 is 46.8 Å². The van der Waals surface area contributed by atoms with Gasteiger partial charge in [0.1, 0.15) is 11.2 Å². The molecule has 2 atom stereocenters. The van der Waals surface area contributed by atoms with Gasteiger partial charge in [0.2, 0.25) is 11.8 Å². The van der Waals surface area contributed by atoms with Crippen molar-refractivity contribution in [3.8, 4) is 0 Å². The largest absolute Gasteiger partial charge is 0.480 e. The summed E-state index contributed by atoms with van der Waals surface area (Å²) < 4.78 is 14.6. The first-order valence-corrected chi connectivity index (χ1v) is 10.0. The number of carbonyl (C=O) groups is 3. The first-order chi connectivity index (χ1) is 15.0. The van der Waals surface area contributed by atoms with Crippen LogP contribution >= 0.6 is 0 Å². The summed E-state index contributed by atoms with van der Waals surface area (Å²) >= 11 is 0. The van der Waals surface area contributed by atoms with E-state index >= 15 is 0 Å². The van der Waals surface area contributed by atoms with Crippen molar-refractivity contribution >= 4 is 23.5 Å². The van der Waals surface area contributed by atoms with Crippen LogP contribution in [0, 0.1) is 17.7 Å². The lowest BCUT2D eigenvalue weighted by atomic mass is 9.47. The first kappa shape index (κ1) is 18.0. The fourth-order valence-electron chi connectivity index (χ4n) is 6.01. The predicted octanol–water partition coefficient (Wildman–Crippen LogP) is 3.46. The maximum atomic E-state index is 14.6. The van der Waals surface area contributed by atoms with Crippen LogP contribution in [0.5, 0.6) is 0 Å². The number of carboxylic acids is 1. The lowest BCUT2D eigenvalue weighted by Gasteiger charge is -2.51.